The second kappa shape index (κ2) is 5.96. The standard InChI is InChI=1S/C17H25NO/c19-17-7-3-4-13(11-17)10-15(12-18-16-8-9-16)14-5-1-2-6-14/h3-4,7,11,14-16,18-19H,1-2,5-6,8-10,12H2. The number of benzene rings is 1. The molecule has 0 spiro atoms. The lowest BCUT2D eigenvalue weighted by Crippen LogP contribution is -2.30. The van der Waals surface area contributed by atoms with Crippen molar-refractivity contribution in [1.82, 2.24) is 5.32 Å². The van der Waals surface area contributed by atoms with E-state index in [9.17, 15) is 5.11 Å². The van der Waals surface area contributed by atoms with Gasteiger partial charge in [0.15, 0.2) is 0 Å². The molecule has 1 aromatic carbocycles. The molecule has 2 saturated carbocycles. The second-order valence-electron chi connectivity index (χ2n) is 6.36. The molecule has 0 aromatic heterocycles. The molecular formula is C17H25NO. The van der Waals surface area contributed by atoms with Crippen molar-refractivity contribution in [2.24, 2.45) is 11.8 Å². The van der Waals surface area contributed by atoms with Gasteiger partial charge in [-0.2, -0.15) is 0 Å². The predicted octanol–water partition coefficient (Wildman–Crippen LogP) is 3.49. The molecule has 104 valence electrons. The van der Waals surface area contributed by atoms with Crippen molar-refractivity contribution in [3.63, 3.8) is 0 Å². The van der Waals surface area contributed by atoms with Crippen LogP contribution in [0.3, 0.4) is 0 Å². The normalized spacial score (nSPS) is 21.7. The Morgan fingerprint density at radius 2 is 1.95 bits per heavy atom. The molecule has 2 heteroatoms. The maximum atomic E-state index is 9.60. The highest BCUT2D eigenvalue weighted by molar-refractivity contribution is 5.27. The lowest BCUT2D eigenvalue weighted by atomic mass is 9.85. The number of aromatic hydroxyl groups is 1. The Morgan fingerprint density at radius 3 is 2.63 bits per heavy atom. The van der Waals surface area contributed by atoms with Gasteiger partial charge >= 0.3 is 0 Å². The molecule has 0 radical (unpaired) electrons. The first kappa shape index (κ1) is 13.0. The number of hydrogen-bond acceptors (Lipinski definition) is 2. The Bertz CT molecular complexity index is 407. The molecule has 3 rings (SSSR count). The van der Waals surface area contributed by atoms with Gasteiger partial charge in [0.1, 0.15) is 5.75 Å². The van der Waals surface area contributed by atoms with Gasteiger partial charge < -0.3 is 10.4 Å². The highest BCUT2D eigenvalue weighted by atomic mass is 16.3. The van der Waals surface area contributed by atoms with Crippen LogP contribution in [0.25, 0.3) is 0 Å². The van der Waals surface area contributed by atoms with E-state index in [1.54, 1.807) is 6.07 Å². The van der Waals surface area contributed by atoms with Gasteiger partial charge in [-0.25, -0.2) is 0 Å². The quantitative estimate of drug-likeness (QED) is 0.819. The van der Waals surface area contributed by atoms with Crippen LogP contribution < -0.4 is 5.32 Å². The third-order valence-electron chi connectivity index (χ3n) is 4.72. The van der Waals surface area contributed by atoms with Crippen molar-refractivity contribution in [2.45, 2.75) is 51.0 Å². The van der Waals surface area contributed by atoms with Crippen molar-refractivity contribution in [2.75, 3.05) is 6.54 Å². The zero-order valence-electron chi connectivity index (χ0n) is 11.6. The SMILES string of the molecule is Oc1cccc(CC(CNC2CC2)C2CCCC2)c1. The molecular weight excluding hydrogens is 234 g/mol. The number of hydrogen-bond donors (Lipinski definition) is 2. The average Bonchev–Trinajstić information content (AvgIpc) is 3.07. The van der Waals surface area contributed by atoms with Gasteiger partial charge in [-0.1, -0.05) is 37.8 Å². The topological polar surface area (TPSA) is 32.3 Å². The van der Waals surface area contributed by atoms with Crippen molar-refractivity contribution in [3.05, 3.63) is 29.8 Å². The van der Waals surface area contributed by atoms with E-state index in [1.807, 2.05) is 12.1 Å². The van der Waals surface area contributed by atoms with Crippen molar-refractivity contribution in [1.29, 1.82) is 0 Å². The van der Waals surface area contributed by atoms with Gasteiger partial charge in [0.2, 0.25) is 0 Å². The van der Waals surface area contributed by atoms with E-state index in [0.29, 0.717) is 5.75 Å². The first-order valence-corrected chi connectivity index (χ1v) is 7.82. The van der Waals surface area contributed by atoms with Crippen LogP contribution in [0.4, 0.5) is 0 Å². The maximum absolute atomic E-state index is 9.60. The molecule has 0 aliphatic heterocycles. The summed E-state index contributed by atoms with van der Waals surface area (Å²) >= 11 is 0. The molecule has 2 N–H and O–H groups in total. The molecule has 2 aliphatic carbocycles. The Kier molecular flexibility index (Phi) is 4.07. The summed E-state index contributed by atoms with van der Waals surface area (Å²) in [5.74, 6) is 2.02. The summed E-state index contributed by atoms with van der Waals surface area (Å²) in [5.41, 5.74) is 1.29. The average molecular weight is 259 g/mol. The number of rotatable bonds is 6. The molecule has 19 heavy (non-hydrogen) atoms. The fourth-order valence-electron chi connectivity index (χ4n) is 3.43. The summed E-state index contributed by atoms with van der Waals surface area (Å²) < 4.78 is 0. The first-order valence-electron chi connectivity index (χ1n) is 7.82. The Morgan fingerprint density at radius 1 is 1.16 bits per heavy atom. The van der Waals surface area contributed by atoms with Gasteiger partial charge in [-0.05, 0) is 55.3 Å². The summed E-state index contributed by atoms with van der Waals surface area (Å²) in [4.78, 5) is 0. The molecule has 0 heterocycles. The van der Waals surface area contributed by atoms with Gasteiger partial charge in [-0.15, -0.1) is 0 Å². The van der Waals surface area contributed by atoms with E-state index >= 15 is 0 Å². The van der Waals surface area contributed by atoms with Gasteiger partial charge in [0, 0.05) is 6.04 Å². The predicted molar refractivity (Wildman–Crippen MR) is 78.3 cm³/mol. The Labute approximate surface area is 116 Å². The molecule has 0 saturated heterocycles. The third-order valence-corrected chi connectivity index (χ3v) is 4.72. The summed E-state index contributed by atoms with van der Waals surface area (Å²) in [5, 5.41) is 13.3. The van der Waals surface area contributed by atoms with Crippen LogP contribution in [0.5, 0.6) is 5.75 Å². The smallest absolute Gasteiger partial charge is 0.115 e. The minimum absolute atomic E-state index is 0.401. The van der Waals surface area contributed by atoms with E-state index in [2.05, 4.69) is 11.4 Å². The minimum atomic E-state index is 0.401. The summed E-state index contributed by atoms with van der Waals surface area (Å²) in [6.07, 6.45) is 9.45. The van der Waals surface area contributed by atoms with E-state index in [-0.39, 0.29) is 0 Å². The van der Waals surface area contributed by atoms with Crippen molar-refractivity contribution >= 4 is 0 Å². The number of phenols is 1. The highest BCUT2D eigenvalue weighted by Gasteiger charge is 2.28. The van der Waals surface area contributed by atoms with Crippen LogP contribution in [-0.4, -0.2) is 17.7 Å². The van der Waals surface area contributed by atoms with Crippen LogP contribution in [0.1, 0.15) is 44.1 Å². The fraction of sp³-hybridized carbons (Fsp3) is 0.647. The zero-order valence-corrected chi connectivity index (χ0v) is 11.6. The van der Waals surface area contributed by atoms with Crippen molar-refractivity contribution in [3.8, 4) is 5.75 Å². The van der Waals surface area contributed by atoms with Gasteiger partial charge in [-0.3, -0.25) is 0 Å². The molecule has 1 atom stereocenters. The fourth-order valence-corrected chi connectivity index (χ4v) is 3.43. The van der Waals surface area contributed by atoms with Crippen LogP contribution >= 0.6 is 0 Å². The number of nitrogens with one attached hydrogen (secondary N) is 1. The molecule has 1 aromatic rings. The summed E-state index contributed by atoms with van der Waals surface area (Å²) in [6, 6.07) is 8.60. The molecule has 0 amide bonds. The molecule has 2 aliphatic rings. The first-order chi connectivity index (χ1) is 9.31. The lowest BCUT2D eigenvalue weighted by molar-refractivity contribution is 0.319. The summed E-state index contributed by atoms with van der Waals surface area (Å²) in [6.45, 7) is 1.16. The zero-order chi connectivity index (χ0) is 13.1. The van der Waals surface area contributed by atoms with E-state index in [0.717, 1.165) is 30.8 Å². The Balaban J connectivity index is 1.62. The number of phenolic OH excluding ortho intramolecular Hbond substituents is 1. The van der Waals surface area contributed by atoms with E-state index in [4.69, 9.17) is 0 Å². The maximum Gasteiger partial charge on any atom is 0.115 e. The van der Waals surface area contributed by atoms with Crippen LogP contribution in [0.2, 0.25) is 0 Å². The molecule has 1 unspecified atom stereocenters. The Hall–Kier alpha value is -1.02. The molecule has 2 nitrogen and oxygen atoms in total. The summed E-state index contributed by atoms with van der Waals surface area (Å²) in [7, 11) is 0. The second-order valence-corrected chi connectivity index (χ2v) is 6.36. The largest absolute Gasteiger partial charge is 0.508 e. The minimum Gasteiger partial charge on any atom is -0.508 e. The van der Waals surface area contributed by atoms with Gasteiger partial charge in [0.25, 0.3) is 0 Å². The molecule has 0 bridgehead atoms. The monoisotopic (exact) mass is 259 g/mol. The van der Waals surface area contributed by atoms with Crippen molar-refractivity contribution < 1.29 is 5.11 Å². The highest BCUT2D eigenvalue weighted by Crippen LogP contribution is 2.34. The van der Waals surface area contributed by atoms with Crippen LogP contribution in [0, 0.1) is 11.8 Å². The van der Waals surface area contributed by atoms with Crippen LogP contribution in [0.15, 0.2) is 24.3 Å². The van der Waals surface area contributed by atoms with E-state index < -0.39 is 0 Å². The van der Waals surface area contributed by atoms with Crippen LogP contribution in [-0.2, 0) is 6.42 Å². The lowest BCUT2D eigenvalue weighted by Gasteiger charge is -2.24. The third kappa shape index (κ3) is 3.73. The molecule has 2 fully saturated rings. The van der Waals surface area contributed by atoms with E-state index in [1.165, 1.54) is 44.1 Å². The van der Waals surface area contributed by atoms with Gasteiger partial charge in [0.05, 0.1) is 0 Å².